The van der Waals surface area contributed by atoms with Gasteiger partial charge in [-0.3, -0.25) is 4.79 Å². The maximum absolute atomic E-state index is 12.1. The number of aromatic nitrogens is 2. The van der Waals surface area contributed by atoms with Gasteiger partial charge in [0.2, 0.25) is 5.91 Å². The number of halogens is 1. The van der Waals surface area contributed by atoms with Crippen LogP contribution in [0.1, 0.15) is 5.56 Å². The molecule has 0 saturated carbocycles. The zero-order valence-electron chi connectivity index (χ0n) is 13.6. The SMILES string of the molecule is O=C(Cc1ccc(Cl)cc1)Nc1ccc(-c2nc3ccccc3s2)cn1. The van der Waals surface area contributed by atoms with E-state index in [9.17, 15) is 4.79 Å². The van der Waals surface area contributed by atoms with Crippen LogP contribution in [-0.2, 0) is 11.2 Å². The molecule has 0 saturated heterocycles. The molecule has 26 heavy (non-hydrogen) atoms. The number of hydrogen-bond acceptors (Lipinski definition) is 4. The van der Waals surface area contributed by atoms with Crippen molar-refractivity contribution in [2.45, 2.75) is 6.42 Å². The number of amides is 1. The maximum atomic E-state index is 12.1. The summed E-state index contributed by atoms with van der Waals surface area (Å²) in [6.45, 7) is 0. The zero-order chi connectivity index (χ0) is 17.9. The Morgan fingerprint density at radius 1 is 1.04 bits per heavy atom. The predicted octanol–water partition coefficient (Wildman–Crippen LogP) is 5.19. The highest BCUT2D eigenvalue weighted by Gasteiger charge is 2.08. The van der Waals surface area contributed by atoms with Crippen molar-refractivity contribution >= 4 is 44.9 Å². The largest absolute Gasteiger partial charge is 0.310 e. The summed E-state index contributed by atoms with van der Waals surface area (Å²) in [6.07, 6.45) is 2.01. The second kappa shape index (κ2) is 7.23. The Morgan fingerprint density at radius 2 is 1.85 bits per heavy atom. The molecule has 0 fully saturated rings. The number of rotatable bonds is 4. The van der Waals surface area contributed by atoms with E-state index in [1.807, 2.05) is 36.4 Å². The van der Waals surface area contributed by atoms with E-state index < -0.39 is 0 Å². The number of thiazole rings is 1. The minimum absolute atomic E-state index is 0.118. The highest BCUT2D eigenvalue weighted by atomic mass is 35.5. The van der Waals surface area contributed by atoms with Gasteiger partial charge in [-0.05, 0) is 42.0 Å². The van der Waals surface area contributed by atoms with Gasteiger partial charge in [0, 0.05) is 16.8 Å². The molecule has 0 spiro atoms. The van der Waals surface area contributed by atoms with E-state index in [2.05, 4.69) is 21.4 Å². The third kappa shape index (κ3) is 3.74. The molecule has 0 radical (unpaired) electrons. The van der Waals surface area contributed by atoms with Gasteiger partial charge in [0.25, 0.3) is 0 Å². The van der Waals surface area contributed by atoms with Gasteiger partial charge in [-0.2, -0.15) is 0 Å². The predicted molar refractivity (Wildman–Crippen MR) is 107 cm³/mol. The quantitative estimate of drug-likeness (QED) is 0.530. The summed E-state index contributed by atoms with van der Waals surface area (Å²) in [5, 5.41) is 4.38. The lowest BCUT2D eigenvalue weighted by atomic mass is 10.1. The molecule has 0 aliphatic rings. The Balaban J connectivity index is 1.45. The number of para-hydroxylation sites is 1. The van der Waals surface area contributed by atoms with Crippen molar-refractivity contribution in [2.75, 3.05) is 5.32 Å². The van der Waals surface area contributed by atoms with Crippen LogP contribution in [0.25, 0.3) is 20.8 Å². The van der Waals surface area contributed by atoms with E-state index in [4.69, 9.17) is 11.6 Å². The Bertz CT molecular complexity index is 1030. The number of carbonyl (C=O) groups is 1. The van der Waals surface area contributed by atoms with Crippen LogP contribution in [-0.4, -0.2) is 15.9 Å². The molecule has 2 heterocycles. The number of hydrogen-bond donors (Lipinski definition) is 1. The smallest absolute Gasteiger partial charge is 0.229 e. The minimum Gasteiger partial charge on any atom is -0.310 e. The second-order valence-electron chi connectivity index (χ2n) is 5.77. The van der Waals surface area contributed by atoms with Gasteiger partial charge in [0.1, 0.15) is 10.8 Å². The normalized spacial score (nSPS) is 10.8. The van der Waals surface area contributed by atoms with Crippen molar-refractivity contribution in [1.82, 2.24) is 9.97 Å². The molecular weight excluding hydrogens is 366 g/mol. The minimum atomic E-state index is -0.118. The molecule has 4 aromatic rings. The van der Waals surface area contributed by atoms with Crippen molar-refractivity contribution < 1.29 is 4.79 Å². The molecule has 128 valence electrons. The lowest BCUT2D eigenvalue weighted by Gasteiger charge is -2.05. The summed E-state index contributed by atoms with van der Waals surface area (Å²) in [4.78, 5) is 21.1. The Labute approximate surface area is 159 Å². The van der Waals surface area contributed by atoms with Crippen LogP contribution < -0.4 is 5.32 Å². The molecule has 0 atom stereocenters. The average Bonchev–Trinajstić information content (AvgIpc) is 3.08. The van der Waals surface area contributed by atoms with E-state index in [-0.39, 0.29) is 12.3 Å². The average molecular weight is 380 g/mol. The lowest BCUT2D eigenvalue weighted by molar-refractivity contribution is -0.115. The molecule has 0 unspecified atom stereocenters. The molecule has 0 bridgehead atoms. The van der Waals surface area contributed by atoms with E-state index in [1.165, 1.54) is 0 Å². The summed E-state index contributed by atoms with van der Waals surface area (Å²) in [5.41, 5.74) is 2.81. The number of fused-ring (bicyclic) bond motifs is 1. The molecule has 0 aliphatic carbocycles. The van der Waals surface area contributed by atoms with Crippen LogP contribution >= 0.6 is 22.9 Å². The van der Waals surface area contributed by atoms with Crippen LogP contribution in [0.4, 0.5) is 5.82 Å². The highest BCUT2D eigenvalue weighted by molar-refractivity contribution is 7.21. The molecule has 2 aromatic carbocycles. The molecule has 2 aromatic heterocycles. The number of pyridine rings is 1. The zero-order valence-corrected chi connectivity index (χ0v) is 15.2. The van der Waals surface area contributed by atoms with Gasteiger partial charge in [-0.15, -0.1) is 11.3 Å². The lowest BCUT2D eigenvalue weighted by Crippen LogP contribution is -2.15. The number of nitrogens with zero attached hydrogens (tertiary/aromatic N) is 2. The number of anilines is 1. The Kier molecular flexibility index (Phi) is 4.65. The first-order valence-electron chi connectivity index (χ1n) is 8.04. The topological polar surface area (TPSA) is 54.9 Å². The summed E-state index contributed by atoms with van der Waals surface area (Å²) in [6, 6.07) is 19.0. The van der Waals surface area contributed by atoms with Crippen LogP contribution in [0.5, 0.6) is 0 Å². The molecular formula is C20H14ClN3OS. The van der Waals surface area contributed by atoms with Crippen LogP contribution in [0.2, 0.25) is 5.02 Å². The fourth-order valence-corrected chi connectivity index (χ4v) is 3.65. The van der Waals surface area contributed by atoms with Crippen molar-refractivity contribution in [3.8, 4) is 10.6 Å². The standard InChI is InChI=1S/C20H14ClN3OS/c21-15-8-5-13(6-9-15)11-19(25)24-18-10-7-14(12-22-18)20-23-16-3-1-2-4-17(16)26-20/h1-10,12H,11H2,(H,22,24,25). The van der Waals surface area contributed by atoms with Crippen molar-refractivity contribution in [3.05, 3.63) is 77.4 Å². The summed E-state index contributed by atoms with van der Waals surface area (Å²) >= 11 is 7.48. The third-order valence-corrected chi connectivity index (χ3v) is 5.19. The molecule has 1 amide bonds. The summed E-state index contributed by atoms with van der Waals surface area (Å²) in [7, 11) is 0. The van der Waals surface area contributed by atoms with Crippen LogP contribution in [0.3, 0.4) is 0 Å². The first kappa shape index (κ1) is 16.7. The molecule has 4 rings (SSSR count). The van der Waals surface area contributed by atoms with E-state index in [0.29, 0.717) is 10.8 Å². The first-order valence-corrected chi connectivity index (χ1v) is 9.23. The fourth-order valence-electron chi connectivity index (χ4n) is 2.56. The van der Waals surface area contributed by atoms with E-state index in [1.54, 1.807) is 35.7 Å². The van der Waals surface area contributed by atoms with E-state index >= 15 is 0 Å². The molecule has 1 N–H and O–H groups in total. The van der Waals surface area contributed by atoms with Crippen molar-refractivity contribution in [3.63, 3.8) is 0 Å². The molecule has 0 aliphatic heterocycles. The number of benzene rings is 2. The molecule has 4 nitrogen and oxygen atoms in total. The van der Waals surface area contributed by atoms with Crippen molar-refractivity contribution in [2.24, 2.45) is 0 Å². The first-order chi connectivity index (χ1) is 12.7. The number of nitrogens with one attached hydrogen (secondary N) is 1. The molecule has 6 heteroatoms. The maximum Gasteiger partial charge on any atom is 0.229 e. The van der Waals surface area contributed by atoms with Gasteiger partial charge >= 0.3 is 0 Å². The van der Waals surface area contributed by atoms with Gasteiger partial charge in [0.05, 0.1) is 16.6 Å². The van der Waals surface area contributed by atoms with Gasteiger partial charge < -0.3 is 5.32 Å². The fraction of sp³-hybridized carbons (Fsp3) is 0.0500. The van der Waals surface area contributed by atoms with Crippen molar-refractivity contribution in [1.29, 1.82) is 0 Å². The summed E-state index contributed by atoms with van der Waals surface area (Å²) in [5.74, 6) is 0.404. The second-order valence-corrected chi connectivity index (χ2v) is 7.24. The Hall–Kier alpha value is -2.76. The number of carbonyl (C=O) groups excluding carboxylic acids is 1. The van der Waals surface area contributed by atoms with Crippen LogP contribution in [0, 0.1) is 0 Å². The Morgan fingerprint density at radius 3 is 2.58 bits per heavy atom. The van der Waals surface area contributed by atoms with Crippen LogP contribution in [0.15, 0.2) is 66.9 Å². The van der Waals surface area contributed by atoms with Gasteiger partial charge in [-0.1, -0.05) is 35.9 Å². The highest BCUT2D eigenvalue weighted by Crippen LogP contribution is 2.29. The van der Waals surface area contributed by atoms with Gasteiger partial charge in [-0.25, -0.2) is 9.97 Å². The van der Waals surface area contributed by atoms with Gasteiger partial charge in [0.15, 0.2) is 0 Å². The monoisotopic (exact) mass is 379 g/mol. The summed E-state index contributed by atoms with van der Waals surface area (Å²) < 4.78 is 1.14. The third-order valence-electron chi connectivity index (χ3n) is 3.85. The van der Waals surface area contributed by atoms with E-state index in [0.717, 1.165) is 26.4 Å².